The summed E-state index contributed by atoms with van der Waals surface area (Å²) in [6, 6.07) is 0. The van der Waals surface area contributed by atoms with Gasteiger partial charge in [0.2, 0.25) is 0 Å². The molecule has 2 aromatic rings. The van der Waals surface area contributed by atoms with Gasteiger partial charge in [0, 0.05) is 6.54 Å². The van der Waals surface area contributed by atoms with Gasteiger partial charge in [-0.05, 0) is 69.4 Å². The van der Waals surface area contributed by atoms with Crippen molar-refractivity contribution in [1.82, 2.24) is 14.8 Å². The van der Waals surface area contributed by atoms with Gasteiger partial charge in [-0.2, -0.15) is 5.10 Å². The summed E-state index contributed by atoms with van der Waals surface area (Å²) in [5, 5.41) is 4.05. The highest BCUT2D eigenvalue weighted by molar-refractivity contribution is 7.90. The molecule has 0 amide bonds. The van der Waals surface area contributed by atoms with E-state index in [9.17, 15) is 8.42 Å². The molecule has 1 aromatic carbocycles. The van der Waals surface area contributed by atoms with Gasteiger partial charge in [0.05, 0.1) is 4.90 Å². The fraction of sp³-hybridized carbons (Fsp3) is 0.500. The third-order valence-electron chi connectivity index (χ3n) is 4.56. The molecule has 0 bridgehead atoms. The normalized spacial score (nSPS) is 11.9. The topological polar surface area (TPSA) is 64.8 Å². The van der Waals surface area contributed by atoms with E-state index in [2.05, 4.69) is 10.1 Å². The Morgan fingerprint density at radius 1 is 0.955 bits per heavy atom. The predicted molar refractivity (Wildman–Crippen MR) is 86.7 cm³/mol. The Labute approximate surface area is 132 Å². The fourth-order valence-electron chi connectivity index (χ4n) is 2.84. The fourth-order valence-corrected chi connectivity index (χ4v) is 4.79. The van der Waals surface area contributed by atoms with Crippen LogP contribution in [-0.4, -0.2) is 23.2 Å². The summed E-state index contributed by atoms with van der Waals surface area (Å²) in [5.74, 6) is 0.363. The molecule has 5 nitrogen and oxygen atoms in total. The van der Waals surface area contributed by atoms with Crippen LogP contribution in [0.25, 0.3) is 0 Å². The van der Waals surface area contributed by atoms with E-state index in [-0.39, 0.29) is 5.75 Å². The molecule has 0 aliphatic carbocycles. The molecule has 1 aromatic heterocycles. The zero-order valence-corrected chi connectivity index (χ0v) is 14.9. The van der Waals surface area contributed by atoms with Crippen molar-refractivity contribution in [3.63, 3.8) is 0 Å². The second-order valence-electron chi connectivity index (χ2n) is 5.71. The van der Waals surface area contributed by atoms with Crippen molar-refractivity contribution in [2.45, 2.75) is 58.7 Å². The van der Waals surface area contributed by atoms with Crippen molar-refractivity contribution in [3.8, 4) is 0 Å². The molecule has 0 unspecified atom stereocenters. The molecule has 0 spiro atoms. The minimum absolute atomic E-state index is 0.121. The first-order valence-electron chi connectivity index (χ1n) is 7.37. The molecule has 1 heterocycles. The molecule has 0 radical (unpaired) electrons. The summed E-state index contributed by atoms with van der Waals surface area (Å²) in [4.78, 5) is 4.54. The second kappa shape index (κ2) is 5.83. The van der Waals surface area contributed by atoms with Crippen LogP contribution in [0, 0.1) is 34.6 Å². The monoisotopic (exact) mass is 321 g/mol. The molecule has 0 saturated carbocycles. The SMILES string of the molecule is CCn1ncnc1CS(=O)(=O)c1c(C)c(C)c(C)c(C)c1C. The molecule has 0 saturated heterocycles. The number of nitrogens with zero attached hydrogens (tertiary/aromatic N) is 3. The third-order valence-corrected chi connectivity index (χ3v) is 6.43. The summed E-state index contributed by atoms with van der Waals surface area (Å²) in [6.07, 6.45) is 1.40. The number of sulfone groups is 1. The summed E-state index contributed by atoms with van der Waals surface area (Å²) in [7, 11) is -3.46. The van der Waals surface area contributed by atoms with E-state index >= 15 is 0 Å². The van der Waals surface area contributed by atoms with Crippen LogP contribution in [0.2, 0.25) is 0 Å². The number of hydrogen-bond acceptors (Lipinski definition) is 4. The minimum Gasteiger partial charge on any atom is -0.249 e. The van der Waals surface area contributed by atoms with Crippen molar-refractivity contribution in [1.29, 1.82) is 0 Å². The van der Waals surface area contributed by atoms with Crippen molar-refractivity contribution >= 4 is 9.84 Å². The quantitative estimate of drug-likeness (QED) is 0.868. The first-order valence-corrected chi connectivity index (χ1v) is 9.02. The van der Waals surface area contributed by atoms with Crippen LogP contribution in [-0.2, 0) is 22.1 Å². The molecule has 0 N–H and O–H groups in total. The van der Waals surface area contributed by atoms with Crippen LogP contribution >= 0.6 is 0 Å². The largest absolute Gasteiger partial charge is 0.249 e. The predicted octanol–water partition coefficient (Wildman–Crippen LogP) is 2.81. The Morgan fingerprint density at radius 2 is 1.45 bits per heavy atom. The van der Waals surface area contributed by atoms with Crippen LogP contribution < -0.4 is 0 Å². The van der Waals surface area contributed by atoms with E-state index in [0.717, 1.165) is 27.8 Å². The number of benzene rings is 1. The average molecular weight is 321 g/mol. The van der Waals surface area contributed by atoms with E-state index in [1.165, 1.54) is 6.33 Å². The van der Waals surface area contributed by atoms with Gasteiger partial charge in [0.1, 0.15) is 17.9 Å². The van der Waals surface area contributed by atoms with Crippen molar-refractivity contribution in [2.75, 3.05) is 0 Å². The van der Waals surface area contributed by atoms with Crippen molar-refractivity contribution in [2.24, 2.45) is 0 Å². The van der Waals surface area contributed by atoms with E-state index in [4.69, 9.17) is 0 Å². The maximum atomic E-state index is 12.9. The Balaban J connectivity index is 2.60. The summed E-state index contributed by atoms with van der Waals surface area (Å²) >= 11 is 0. The Bertz CT molecular complexity index is 791. The average Bonchev–Trinajstić information content (AvgIpc) is 2.89. The molecule has 0 aliphatic rings. The van der Waals surface area contributed by atoms with Gasteiger partial charge in [0.25, 0.3) is 0 Å². The van der Waals surface area contributed by atoms with Gasteiger partial charge in [0.15, 0.2) is 9.84 Å². The van der Waals surface area contributed by atoms with Crippen LogP contribution in [0.15, 0.2) is 11.2 Å². The second-order valence-corrected chi connectivity index (χ2v) is 7.63. The summed E-state index contributed by atoms with van der Waals surface area (Å²) in [5.41, 5.74) is 4.91. The summed E-state index contributed by atoms with van der Waals surface area (Å²) in [6.45, 7) is 12.3. The molecular formula is C16H23N3O2S. The molecule has 6 heteroatoms. The zero-order chi connectivity index (χ0) is 16.7. The number of aryl methyl sites for hydroxylation is 1. The maximum absolute atomic E-state index is 12.9. The van der Waals surface area contributed by atoms with Crippen LogP contribution in [0.1, 0.15) is 40.6 Å². The Morgan fingerprint density at radius 3 is 1.95 bits per heavy atom. The maximum Gasteiger partial charge on any atom is 0.186 e. The molecule has 0 fully saturated rings. The smallest absolute Gasteiger partial charge is 0.186 e. The van der Waals surface area contributed by atoms with E-state index < -0.39 is 9.84 Å². The lowest BCUT2D eigenvalue weighted by atomic mass is 9.95. The highest BCUT2D eigenvalue weighted by Crippen LogP contribution is 2.31. The lowest BCUT2D eigenvalue weighted by Gasteiger charge is -2.18. The van der Waals surface area contributed by atoms with E-state index in [0.29, 0.717) is 17.3 Å². The highest BCUT2D eigenvalue weighted by Gasteiger charge is 2.25. The first-order chi connectivity index (χ1) is 10.2. The van der Waals surface area contributed by atoms with Gasteiger partial charge in [-0.25, -0.2) is 18.1 Å². The lowest BCUT2D eigenvalue weighted by molar-refractivity contribution is 0.582. The highest BCUT2D eigenvalue weighted by atomic mass is 32.2. The van der Waals surface area contributed by atoms with Crippen LogP contribution in [0.5, 0.6) is 0 Å². The molecule has 120 valence electrons. The van der Waals surface area contributed by atoms with Gasteiger partial charge in [-0.15, -0.1) is 0 Å². The van der Waals surface area contributed by atoms with Crippen molar-refractivity contribution < 1.29 is 8.42 Å². The molecular weight excluding hydrogens is 298 g/mol. The zero-order valence-electron chi connectivity index (χ0n) is 14.1. The molecule has 0 atom stereocenters. The van der Waals surface area contributed by atoms with Crippen LogP contribution in [0.3, 0.4) is 0 Å². The van der Waals surface area contributed by atoms with Gasteiger partial charge >= 0.3 is 0 Å². The Hall–Kier alpha value is -1.69. The van der Waals surface area contributed by atoms with Gasteiger partial charge in [-0.1, -0.05) is 0 Å². The lowest BCUT2D eigenvalue weighted by Crippen LogP contribution is -2.15. The van der Waals surface area contributed by atoms with E-state index in [1.807, 2.05) is 41.5 Å². The summed E-state index contributed by atoms with van der Waals surface area (Å²) < 4.78 is 27.5. The number of aromatic nitrogens is 3. The Kier molecular flexibility index (Phi) is 4.42. The first kappa shape index (κ1) is 16.7. The number of hydrogen-bond donors (Lipinski definition) is 0. The molecule has 22 heavy (non-hydrogen) atoms. The number of rotatable bonds is 4. The van der Waals surface area contributed by atoms with Gasteiger partial charge < -0.3 is 0 Å². The van der Waals surface area contributed by atoms with E-state index in [1.54, 1.807) is 4.68 Å². The minimum atomic E-state index is -3.46. The van der Waals surface area contributed by atoms with Crippen molar-refractivity contribution in [3.05, 3.63) is 40.0 Å². The molecule has 2 rings (SSSR count). The van der Waals surface area contributed by atoms with Crippen LogP contribution in [0.4, 0.5) is 0 Å². The molecule has 0 aliphatic heterocycles. The standard InChI is InChI=1S/C16H23N3O2S/c1-7-19-15(17-9-18-19)8-22(20,21)16-13(5)11(3)10(2)12(4)14(16)6/h9H,7-8H2,1-6H3. The third kappa shape index (κ3) is 2.67. The van der Waals surface area contributed by atoms with Gasteiger partial charge in [-0.3, -0.25) is 0 Å².